The van der Waals surface area contributed by atoms with E-state index in [0.717, 1.165) is 0 Å². The van der Waals surface area contributed by atoms with Gasteiger partial charge in [-0.2, -0.15) is 0 Å². The molecule has 0 atom stereocenters. The summed E-state index contributed by atoms with van der Waals surface area (Å²) < 4.78 is 20.1. The van der Waals surface area contributed by atoms with Gasteiger partial charge in [0.25, 0.3) is 0 Å². The molecule has 0 aliphatic carbocycles. The van der Waals surface area contributed by atoms with Crippen molar-refractivity contribution in [2.45, 2.75) is 0 Å². The number of rotatable bonds is 8. The Hall–Kier alpha value is -1.79. The van der Waals surface area contributed by atoms with Crippen molar-refractivity contribution in [1.29, 1.82) is 0 Å². The van der Waals surface area contributed by atoms with Crippen LogP contribution in [0, 0.1) is 0 Å². The number of methoxy groups -OCH3 is 2. The minimum Gasteiger partial charge on any atom is -0.496 e. The third-order valence-electron chi connectivity index (χ3n) is 2.14. The molecule has 0 fully saturated rings. The zero-order valence-electron chi connectivity index (χ0n) is 10.3. The van der Waals surface area contributed by atoms with Crippen LogP contribution in [0.5, 0.6) is 11.5 Å². The lowest BCUT2D eigenvalue weighted by atomic mass is 10.2. The molecule has 1 aromatic carbocycles. The molecule has 1 rings (SSSR count). The summed E-state index contributed by atoms with van der Waals surface area (Å²) in [5.74, 6) is -0.377. The lowest BCUT2D eigenvalue weighted by molar-refractivity contribution is -0.00854. The lowest BCUT2D eigenvalue weighted by Crippen LogP contribution is -2.08. The van der Waals surface area contributed by atoms with Crippen molar-refractivity contribution >= 4 is 5.97 Å². The molecule has 0 amide bonds. The average molecular weight is 256 g/mol. The van der Waals surface area contributed by atoms with Gasteiger partial charge in [0.1, 0.15) is 17.1 Å². The van der Waals surface area contributed by atoms with Crippen molar-refractivity contribution in [3.05, 3.63) is 23.8 Å². The second-order valence-electron chi connectivity index (χ2n) is 3.33. The number of hydrogen-bond donors (Lipinski definition) is 1. The van der Waals surface area contributed by atoms with Gasteiger partial charge in [0.05, 0.1) is 20.3 Å². The first kappa shape index (κ1) is 14.3. The van der Waals surface area contributed by atoms with Crippen molar-refractivity contribution in [3.63, 3.8) is 0 Å². The largest absolute Gasteiger partial charge is 0.496 e. The molecule has 18 heavy (non-hydrogen) atoms. The quantitative estimate of drug-likeness (QED) is 0.559. The van der Waals surface area contributed by atoms with Gasteiger partial charge in [0.2, 0.25) is 0 Å². The highest BCUT2D eigenvalue weighted by Crippen LogP contribution is 2.23. The summed E-state index contributed by atoms with van der Waals surface area (Å²) in [5.41, 5.74) is 0.0480. The maximum atomic E-state index is 11.0. The van der Waals surface area contributed by atoms with Crippen LogP contribution in [0.3, 0.4) is 0 Å². The van der Waals surface area contributed by atoms with E-state index in [1.165, 1.54) is 19.2 Å². The molecule has 0 aliphatic heterocycles. The van der Waals surface area contributed by atoms with Crippen LogP contribution in [0.15, 0.2) is 18.2 Å². The van der Waals surface area contributed by atoms with E-state index in [2.05, 4.69) is 0 Å². The molecular weight excluding hydrogens is 240 g/mol. The van der Waals surface area contributed by atoms with Gasteiger partial charge in [-0.25, -0.2) is 4.79 Å². The predicted molar refractivity (Wildman–Crippen MR) is 63.3 cm³/mol. The Labute approximate surface area is 105 Å². The second-order valence-corrected chi connectivity index (χ2v) is 3.33. The van der Waals surface area contributed by atoms with E-state index in [0.29, 0.717) is 19.0 Å². The van der Waals surface area contributed by atoms with Crippen LogP contribution in [0.2, 0.25) is 0 Å². The molecule has 0 bridgehead atoms. The molecule has 0 heterocycles. The molecule has 1 N–H and O–H groups in total. The number of carbonyl (C=O) groups is 1. The van der Waals surface area contributed by atoms with Crippen LogP contribution in [0.25, 0.3) is 0 Å². The van der Waals surface area contributed by atoms with E-state index in [9.17, 15) is 4.79 Å². The number of ether oxygens (including phenoxy) is 4. The molecule has 0 spiro atoms. The van der Waals surface area contributed by atoms with E-state index < -0.39 is 5.97 Å². The fourth-order valence-corrected chi connectivity index (χ4v) is 1.25. The predicted octanol–water partition coefficient (Wildman–Crippen LogP) is 1.39. The molecule has 0 radical (unpaired) electrons. The standard InChI is InChI=1S/C12H16O6/c1-15-5-6-17-8-18-9-3-4-11(16-2)10(7-9)12(13)14/h3-4,7H,5-6,8H2,1-2H3,(H,13,14). The molecule has 0 saturated heterocycles. The summed E-state index contributed by atoms with van der Waals surface area (Å²) in [7, 11) is 2.99. The summed E-state index contributed by atoms with van der Waals surface area (Å²) in [4.78, 5) is 11.0. The fourth-order valence-electron chi connectivity index (χ4n) is 1.25. The molecule has 0 saturated carbocycles. The van der Waals surface area contributed by atoms with Gasteiger partial charge in [0.15, 0.2) is 6.79 Å². The summed E-state index contributed by atoms with van der Waals surface area (Å²) in [6, 6.07) is 4.54. The zero-order valence-corrected chi connectivity index (χ0v) is 10.3. The molecule has 0 unspecified atom stereocenters. The number of aromatic carboxylic acids is 1. The van der Waals surface area contributed by atoms with Crippen molar-refractivity contribution in [2.24, 2.45) is 0 Å². The van der Waals surface area contributed by atoms with Crippen molar-refractivity contribution in [3.8, 4) is 11.5 Å². The van der Waals surface area contributed by atoms with E-state index in [1.807, 2.05) is 0 Å². The second kappa shape index (κ2) is 7.52. The van der Waals surface area contributed by atoms with Gasteiger partial charge in [-0.1, -0.05) is 0 Å². The van der Waals surface area contributed by atoms with Gasteiger partial charge in [-0.15, -0.1) is 0 Å². The van der Waals surface area contributed by atoms with Crippen LogP contribution in [0.1, 0.15) is 10.4 Å². The van der Waals surface area contributed by atoms with Crippen molar-refractivity contribution < 1.29 is 28.8 Å². The molecule has 6 nitrogen and oxygen atoms in total. The first-order valence-electron chi connectivity index (χ1n) is 5.30. The lowest BCUT2D eigenvalue weighted by Gasteiger charge is -2.09. The smallest absolute Gasteiger partial charge is 0.339 e. The minimum absolute atomic E-state index is 0.0365. The van der Waals surface area contributed by atoms with Crippen LogP contribution in [-0.4, -0.2) is 45.3 Å². The molecule has 0 aromatic heterocycles. The fraction of sp³-hybridized carbons (Fsp3) is 0.417. The molecule has 100 valence electrons. The number of carboxylic acids is 1. The summed E-state index contributed by atoms with van der Waals surface area (Å²) >= 11 is 0. The maximum Gasteiger partial charge on any atom is 0.339 e. The van der Waals surface area contributed by atoms with Crippen LogP contribution < -0.4 is 9.47 Å². The third-order valence-corrected chi connectivity index (χ3v) is 2.14. The Morgan fingerprint density at radius 3 is 2.67 bits per heavy atom. The monoisotopic (exact) mass is 256 g/mol. The number of hydrogen-bond acceptors (Lipinski definition) is 5. The highest BCUT2D eigenvalue weighted by atomic mass is 16.7. The highest BCUT2D eigenvalue weighted by Gasteiger charge is 2.11. The van der Waals surface area contributed by atoms with E-state index in [1.54, 1.807) is 13.2 Å². The van der Waals surface area contributed by atoms with Crippen LogP contribution >= 0.6 is 0 Å². The normalized spacial score (nSPS) is 10.1. The molecule has 6 heteroatoms. The first-order chi connectivity index (χ1) is 8.69. The molecular formula is C12H16O6. The molecule has 1 aromatic rings. The van der Waals surface area contributed by atoms with Gasteiger partial charge in [-0.3, -0.25) is 0 Å². The van der Waals surface area contributed by atoms with Crippen molar-refractivity contribution in [2.75, 3.05) is 34.2 Å². The Morgan fingerprint density at radius 2 is 2.06 bits per heavy atom. The summed E-state index contributed by atoms with van der Waals surface area (Å²) in [5, 5.41) is 8.98. The SMILES string of the molecule is COCCOCOc1ccc(OC)c(C(=O)O)c1. The first-order valence-corrected chi connectivity index (χ1v) is 5.30. The van der Waals surface area contributed by atoms with Crippen LogP contribution in [0.4, 0.5) is 0 Å². The Balaban J connectivity index is 2.56. The summed E-state index contributed by atoms with van der Waals surface area (Å²) in [6.45, 7) is 0.930. The highest BCUT2D eigenvalue weighted by molar-refractivity contribution is 5.91. The average Bonchev–Trinajstić information content (AvgIpc) is 2.38. The van der Waals surface area contributed by atoms with E-state index in [-0.39, 0.29) is 18.1 Å². The van der Waals surface area contributed by atoms with Gasteiger partial charge in [-0.05, 0) is 18.2 Å². The Bertz CT molecular complexity index is 390. The number of carboxylic acid groups (broad SMARTS) is 1. The zero-order chi connectivity index (χ0) is 13.4. The topological polar surface area (TPSA) is 74.2 Å². The van der Waals surface area contributed by atoms with E-state index >= 15 is 0 Å². The van der Waals surface area contributed by atoms with Crippen LogP contribution in [-0.2, 0) is 9.47 Å². The summed E-state index contributed by atoms with van der Waals surface area (Å²) in [6.07, 6.45) is 0. The third kappa shape index (κ3) is 4.23. The van der Waals surface area contributed by atoms with E-state index in [4.69, 9.17) is 24.1 Å². The van der Waals surface area contributed by atoms with Gasteiger partial charge in [0, 0.05) is 7.11 Å². The van der Waals surface area contributed by atoms with Gasteiger partial charge >= 0.3 is 5.97 Å². The van der Waals surface area contributed by atoms with Crippen molar-refractivity contribution in [1.82, 2.24) is 0 Å². The maximum absolute atomic E-state index is 11.0. The molecule has 0 aliphatic rings. The Kier molecular flexibility index (Phi) is 5.96. The number of benzene rings is 1. The minimum atomic E-state index is -1.07. The van der Waals surface area contributed by atoms with Gasteiger partial charge < -0.3 is 24.1 Å². The Morgan fingerprint density at radius 1 is 1.28 bits per heavy atom.